The van der Waals surface area contributed by atoms with E-state index in [0.29, 0.717) is 6.04 Å². The van der Waals surface area contributed by atoms with E-state index in [1.54, 1.807) is 0 Å². The molecule has 0 bridgehead atoms. The van der Waals surface area contributed by atoms with Crippen LogP contribution in [-0.2, 0) is 0 Å². The molecule has 1 aromatic carbocycles. The molecule has 21 heavy (non-hydrogen) atoms. The molecule has 1 aromatic rings. The van der Waals surface area contributed by atoms with E-state index in [1.807, 2.05) is 0 Å². The summed E-state index contributed by atoms with van der Waals surface area (Å²) in [5, 5.41) is 3.73. The van der Waals surface area contributed by atoms with Crippen LogP contribution < -0.4 is 5.32 Å². The molecule has 1 saturated carbocycles. The van der Waals surface area contributed by atoms with Crippen LogP contribution in [0.15, 0.2) is 30.3 Å². The maximum absolute atomic E-state index is 3.73. The fourth-order valence-corrected chi connectivity index (χ4v) is 2.96. The van der Waals surface area contributed by atoms with E-state index >= 15 is 0 Å². The summed E-state index contributed by atoms with van der Waals surface area (Å²) in [6, 6.07) is 12.4. The van der Waals surface area contributed by atoms with Gasteiger partial charge in [-0.3, -0.25) is 0 Å². The van der Waals surface area contributed by atoms with Gasteiger partial charge in [0.05, 0.1) is 0 Å². The van der Waals surface area contributed by atoms with Gasteiger partial charge in [-0.15, -0.1) is 0 Å². The average Bonchev–Trinajstić information content (AvgIpc) is 3.36. The van der Waals surface area contributed by atoms with Crippen molar-refractivity contribution in [3.05, 3.63) is 35.9 Å². The third-order valence-electron chi connectivity index (χ3n) is 4.41. The standard InChI is InChI=1S/C19H32N2/c1-3-5-15-21(18-11-12-18)16-13-19(20-14-4-2)17-9-7-6-8-10-17/h6-10,18-20H,3-5,11-16H2,1-2H3. The minimum Gasteiger partial charge on any atom is -0.310 e. The molecular weight excluding hydrogens is 256 g/mol. The molecule has 1 N–H and O–H groups in total. The SMILES string of the molecule is CCCCN(CCC(NCCC)c1ccccc1)C1CC1. The zero-order valence-corrected chi connectivity index (χ0v) is 13.9. The number of nitrogens with one attached hydrogen (secondary N) is 1. The molecule has 2 nitrogen and oxygen atoms in total. The van der Waals surface area contributed by atoms with Crippen molar-refractivity contribution >= 4 is 0 Å². The van der Waals surface area contributed by atoms with Gasteiger partial charge in [-0.2, -0.15) is 0 Å². The third kappa shape index (κ3) is 5.80. The molecule has 1 aliphatic carbocycles. The highest BCUT2D eigenvalue weighted by molar-refractivity contribution is 5.18. The zero-order chi connectivity index (χ0) is 14.9. The summed E-state index contributed by atoms with van der Waals surface area (Å²) in [6.07, 6.45) is 7.91. The molecule has 118 valence electrons. The van der Waals surface area contributed by atoms with Crippen LogP contribution in [0.3, 0.4) is 0 Å². The predicted molar refractivity (Wildman–Crippen MR) is 91.6 cm³/mol. The van der Waals surface area contributed by atoms with Crippen molar-refractivity contribution in [3.63, 3.8) is 0 Å². The summed E-state index contributed by atoms with van der Waals surface area (Å²) >= 11 is 0. The molecule has 1 unspecified atom stereocenters. The average molecular weight is 288 g/mol. The fourth-order valence-electron chi connectivity index (χ4n) is 2.96. The van der Waals surface area contributed by atoms with E-state index in [-0.39, 0.29) is 0 Å². The van der Waals surface area contributed by atoms with E-state index < -0.39 is 0 Å². The Morgan fingerprint density at radius 1 is 1.10 bits per heavy atom. The van der Waals surface area contributed by atoms with E-state index in [2.05, 4.69) is 54.4 Å². The minimum atomic E-state index is 0.508. The fraction of sp³-hybridized carbons (Fsp3) is 0.684. The minimum absolute atomic E-state index is 0.508. The van der Waals surface area contributed by atoms with Gasteiger partial charge in [-0.05, 0) is 50.8 Å². The van der Waals surface area contributed by atoms with E-state index in [9.17, 15) is 0 Å². The van der Waals surface area contributed by atoms with Crippen LogP contribution in [0.25, 0.3) is 0 Å². The van der Waals surface area contributed by atoms with Crippen LogP contribution in [0, 0.1) is 0 Å². The Bertz CT molecular complexity index is 372. The number of unbranched alkanes of at least 4 members (excludes halogenated alkanes) is 1. The molecule has 0 amide bonds. The van der Waals surface area contributed by atoms with Gasteiger partial charge in [0.15, 0.2) is 0 Å². The number of hydrogen-bond acceptors (Lipinski definition) is 2. The molecule has 0 saturated heterocycles. The maximum Gasteiger partial charge on any atom is 0.0332 e. The Kier molecular flexibility index (Phi) is 7.25. The monoisotopic (exact) mass is 288 g/mol. The van der Waals surface area contributed by atoms with Crippen molar-refractivity contribution in [1.29, 1.82) is 0 Å². The van der Waals surface area contributed by atoms with Gasteiger partial charge in [-0.1, -0.05) is 50.6 Å². The summed E-state index contributed by atoms with van der Waals surface area (Å²) < 4.78 is 0. The predicted octanol–water partition coefficient (Wildman–Crippen LogP) is 4.38. The summed E-state index contributed by atoms with van der Waals surface area (Å²) in [7, 11) is 0. The molecule has 0 spiro atoms. The van der Waals surface area contributed by atoms with Gasteiger partial charge in [-0.25, -0.2) is 0 Å². The van der Waals surface area contributed by atoms with Crippen LogP contribution in [-0.4, -0.2) is 30.6 Å². The molecule has 1 fully saturated rings. The number of benzene rings is 1. The highest BCUT2D eigenvalue weighted by Crippen LogP contribution is 2.28. The third-order valence-corrected chi connectivity index (χ3v) is 4.41. The molecular formula is C19H32N2. The normalized spacial score (nSPS) is 16.3. The molecule has 2 heteroatoms. The zero-order valence-electron chi connectivity index (χ0n) is 13.9. The highest BCUT2D eigenvalue weighted by Gasteiger charge is 2.28. The van der Waals surface area contributed by atoms with Gasteiger partial charge in [0.1, 0.15) is 0 Å². The topological polar surface area (TPSA) is 15.3 Å². The second kappa shape index (κ2) is 9.22. The van der Waals surface area contributed by atoms with Crippen LogP contribution in [0.5, 0.6) is 0 Å². The second-order valence-corrected chi connectivity index (χ2v) is 6.33. The van der Waals surface area contributed by atoms with E-state index in [4.69, 9.17) is 0 Å². The van der Waals surface area contributed by atoms with Crippen molar-refractivity contribution in [2.45, 2.75) is 64.5 Å². The van der Waals surface area contributed by atoms with Gasteiger partial charge >= 0.3 is 0 Å². The Morgan fingerprint density at radius 3 is 2.48 bits per heavy atom. The first-order valence-electron chi connectivity index (χ1n) is 8.87. The van der Waals surface area contributed by atoms with Gasteiger partial charge in [0, 0.05) is 18.6 Å². The quantitative estimate of drug-likeness (QED) is 0.650. The first-order chi connectivity index (χ1) is 10.3. The maximum atomic E-state index is 3.73. The van der Waals surface area contributed by atoms with Crippen LogP contribution in [0.1, 0.15) is 64.0 Å². The van der Waals surface area contributed by atoms with Crippen molar-refractivity contribution in [2.24, 2.45) is 0 Å². The largest absolute Gasteiger partial charge is 0.310 e. The van der Waals surface area contributed by atoms with Gasteiger partial charge in [0.25, 0.3) is 0 Å². The van der Waals surface area contributed by atoms with Crippen molar-refractivity contribution < 1.29 is 0 Å². The van der Waals surface area contributed by atoms with Crippen LogP contribution >= 0.6 is 0 Å². The van der Waals surface area contributed by atoms with Gasteiger partial charge in [0.2, 0.25) is 0 Å². The number of nitrogens with zero attached hydrogens (tertiary/aromatic N) is 1. The Labute approximate surface area is 130 Å². The highest BCUT2D eigenvalue weighted by atomic mass is 15.2. The Balaban J connectivity index is 1.88. The summed E-state index contributed by atoms with van der Waals surface area (Å²) in [6.45, 7) is 8.17. The first kappa shape index (κ1) is 16.5. The second-order valence-electron chi connectivity index (χ2n) is 6.33. The lowest BCUT2D eigenvalue weighted by Crippen LogP contribution is -2.32. The molecule has 0 aliphatic heterocycles. The molecule has 0 radical (unpaired) electrons. The van der Waals surface area contributed by atoms with Crippen molar-refractivity contribution in [2.75, 3.05) is 19.6 Å². The van der Waals surface area contributed by atoms with Crippen molar-refractivity contribution in [1.82, 2.24) is 10.2 Å². The number of hydrogen-bond donors (Lipinski definition) is 1. The molecule has 0 aromatic heterocycles. The van der Waals surface area contributed by atoms with Crippen molar-refractivity contribution in [3.8, 4) is 0 Å². The Hall–Kier alpha value is -0.860. The lowest BCUT2D eigenvalue weighted by Gasteiger charge is -2.26. The number of rotatable bonds is 11. The smallest absolute Gasteiger partial charge is 0.0332 e. The molecule has 1 atom stereocenters. The van der Waals surface area contributed by atoms with Crippen LogP contribution in [0.4, 0.5) is 0 Å². The first-order valence-corrected chi connectivity index (χ1v) is 8.87. The lowest BCUT2D eigenvalue weighted by molar-refractivity contribution is 0.243. The molecule has 1 aliphatic rings. The summed E-state index contributed by atoms with van der Waals surface area (Å²) in [5.74, 6) is 0. The van der Waals surface area contributed by atoms with Gasteiger partial charge < -0.3 is 10.2 Å². The molecule has 0 heterocycles. The van der Waals surface area contributed by atoms with E-state index in [0.717, 1.165) is 12.6 Å². The summed E-state index contributed by atoms with van der Waals surface area (Å²) in [5.41, 5.74) is 1.44. The summed E-state index contributed by atoms with van der Waals surface area (Å²) in [4.78, 5) is 2.73. The van der Waals surface area contributed by atoms with E-state index in [1.165, 1.54) is 57.2 Å². The van der Waals surface area contributed by atoms with Crippen LogP contribution in [0.2, 0.25) is 0 Å². The lowest BCUT2D eigenvalue weighted by atomic mass is 10.0. The molecule has 2 rings (SSSR count). The Morgan fingerprint density at radius 2 is 1.86 bits per heavy atom.